The first-order valence-electron chi connectivity index (χ1n) is 7.98. The van der Waals surface area contributed by atoms with Crippen LogP contribution < -0.4 is 10.6 Å². The van der Waals surface area contributed by atoms with Gasteiger partial charge in [-0.1, -0.05) is 24.3 Å². The molecule has 0 aliphatic rings. The van der Waals surface area contributed by atoms with Gasteiger partial charge in [0, 0.05) is 17.6 Å². The second kappa shape index (κ2) is 7.53. The van der Waals surface area contributed by atoms with Crippen LogP contribution in [0.15, 0.2) is 54.7 Å². The van der Waals surface area contributed by atoms with Crippen molar-refractivity contribution in [2.24, 2.45) is 0 Å². The Balaban J connectivity index is 1.74. The summed E-state index contributed by atoms with van der Waals surface area (Å²) in [6.07, 6.45) is 1.73. The van der Waals surface area contributed by atoms with Crippen molar-refractivity contribution in [3.63, 3.8) is 0 Å². The van der Waals surface area contributed by atoms with Gasteiger partial charge < -0.3 is 10.6 Å². The molecular weight excluding hydrogens is 314 g/mol. The number of pyridine rings is 1. The van der Waals surface area contributed by atoms with E-state index in [2.05, 4.69) is 25.6 Å². The lowest BCUT2D eigenvalue weighted by molar-refractivity contribution is 0.102. The van der Waals surface area contributed by atoms with Gasteiger partial charge in [0.05, 0.1) is 12.2 Å². The Kier molecular flexibility index (Phi) is 4.99. The summed E-state index contributed by atoms with van der Waals surface area (Å²) in [5, 5.41) is 5.99. The van der Waals surface area contributed by atoms with Crippen LogP contribution in [0.1, 0.15) is 27.4 Å². The fourth-order valence-electron chi connectivity index (χ4n) is 2.34. The Morgan fingerprint density at radius 1 is 1.04 bits per heavy atom. The van der Waals surface area contributed by atoms with Gasteiger partial charge in [-0.3, -0.25) is 9.78 Å². The number of carbonyl (C=O) groups excluding carboxylic acids is 1. The number of carbonyl (C=O) groups is 1. The molecule has 6 heteroatoms. The van der Waals surface area contributed by atoms with Gasteiger partial charge >= 0.3 is 0 Å². The van der Waals surface area contributed by atoms with Crippen molar-refractivity contribution in [2.45, 2.75) is 20.4 Å². The van der Waals surface area contributed by atoms with Gasteiger partial charge in [-0.25, -0.2) is 9.97 Å². The van der Waals surface area contributed by atoms with E-state index in [-0.39, 0.29) is 5.91 Å². The molecule has 0 unspecified atom stereocenters. The number of amides is 1. The highest BCUT2D eigenvalue weighted by atomic mass is 16.1. The number of nitrogens with one attached hydrogen (secondary N) is 2. The molecule has 0 aliphatic heterocycles. The molecule has 2 aromatic heterocycles. The molecule has 0 atom stereocenters. The van der Waals surface area contributed by atoms with E-state index in [0.717, 1.165) is 16.9 Å². The first-order chi connectivity index (χ1) is 12.1. The lowest BCUT2D eigenvalue weighted by Gasteiger charge is -2.10. The van der Waals surface area contributed by atoms with E-state index < -0.39 is 0 Å². The molecule has 3 rings (SSSR count). The van der Waals surface area contributed by atoms with Crippen molar-refractivity contribution in [3.05, 3.63) is 77.4 Å². The van der Waals surface area contributed by atoms with Crippen molar-refractivity contribution >= 4 is 17.5 Å². The standard InChI is InChI=1S/C19H19N5O/c1-13-7-3-4-9-16(13)23-18(25)17-11-14(2)22-19(24-17)21-12-15-8-5-6-10-20-15/h3-11H,12H2,1-2H3,(H,23,25)(H,21,22,24). The fourth-order valence-corrected chi connectivity index (χ4v) is 2.34. The minimum absolute atomic E-state index is 0.263. The average molecular weight is 333 g/mol. The molecule has 1 amide bonds. The van der Waals surface area contributed by atoms with Crippen molar-refractivity contribution in [3.8, 4) is 0 Å². The van der Waals surface area contributed by atoms with Crippen LogP contribution in [0.5, 0.6) is 0 Å². The Hall–Kier alpha value is -3.28. The fraction of sp³-hybridized carbons (Fsp3) is 0.158. The van der Waals surface area contributed by atoms with Crippen molar-refractivity contribution < 1.29 is 4.79 Å². The SMILES string of the molecule is Cc1cc(C(=O)Nc2ccccc2C)nc(NCc2ccccn2)n1. The normalized spacial score (nSPS) is 10.3. The number of rotatable bonds is 5. The van der Waals surface area contributed by atoms with E-state index >= 15 is 0 Å². The minimum Gasteiger partial charge on any atom is -0.349 e. The van der Waals surface area contributed by atoms with Crippen LogP contribution in [0.2, 0.25) is 0 Å². The molecule has 126 valence electrons. The summed E-state index contributed by atoms with van der Waals surface area (Å²) in [6.45, 7) is 4.27. The van der Waals surface area contributed by atoms with Crippen LogP contribution in [0.4, 0.5) is 11.6 Å². The van der Waals surface area contributed by atoms with Crippen LogP contribution in [0, 0.1) is 13.8 Å². The van der Waals surface area contributed by atoms with Gasteiger partial charge in [0.25, 0.3) is 5.91 Å². The monoisotopic (exact) mass is 333 g/mol. The molecular formula is C19H19N5O. The van der Waals surface area contributed by atoms with E-state index in [9.17, 15) is 4.79 Å². The van der Waals surface area contributed by atoms with Crippen molar-refractivity contribution in [2.75, 3.05) is 10.6 Å². The average Bonchev–Trinajstić information content (AvgIpc) is 2.62. The summed E-state index contributed by atoms with van der Waals surface area (Å²) in [4.78, 5) is 25.4. The molecule has 0 spiro atoms. The zero-order chi connectivity index (χ0) is 17.6. The highest BCUT2D eigenvalue weighted by Crippen LogP contribution is 2.15. The number of nitrogens with zero attached hydrogens (tertiary/aromatic N) is 3. The molecule has 2 heterocycles. The van der Waals surface area contributed by atoms with Gasteiger partial charge in [-0.05, 0) is 43.7 Å². The van der Waals surface area contributed by atoms with Crippen molar-refractivity contribution in [1.29, 1.82) is 0 Å². The third-order valence-corrected chi connectivity index (χ3v) is 3.63. The Bertz CT molecular complexity index is 880. The Morgan fingerprint density at radius 3 is 2.60 bits per heavy atom. The Morgan fingerprint density at radius 2 is 1.84 bits per heavy atom. The molecule has 0 aliphatic carbocycles. The summed E-state index contributed by atoms with van der Waals surface area (Å²) < 4.78 is 0. The molecule has 0 radical (unpaired) electrons. The number of hydrogen-bond acceptors (Lipinski definition) is 5. The van der Waals surface area contributed by atoms with E-state index in [0.29, 0.717) is 23.9 Å². The molecule has 25 heavy (non-hydrogen) atoms. The van der Waals surface area contributed by atoms with Crippen LogP contribution in [-0.2, 0) is 6.54 Å². The third-order valence-electron chi connectivity index (χ3n) is 3.63. The summed E-state index contributed by atoms with van der Waals surface area (Å²) >= 11 is 0. The van der Waals surface area contributed by atoms with Crippen LogP contribution in [0.25, 0.3) is 0 Å². The summed E-state index contributed by atoms with van der Waals surface area (Å²) in [5.74, 6) is 0.140. The van der Waals surface area contributed by atoms with Gasteiger partial charge in [0.1, 0.15) is 5.69 Å². The number of anilines is 2. The van der Waals surface area contributed by atoms with Crippen LogP contribution >= 0.6 is 0 Å². The van der Waals surface area contributed by atoms with Crippen LogP contribution in [0.3, 0.4) is 0 Å². The molecule has 0 bridgehead atoms. The maximum absolute atomic E-state index is 12.5. The molecule has 0 fully saturated rings. The lowest BCUT2D eigenvalue weighted by atomic mass is 10.2. The topological polar surface area (TPSA) is 79.8 Å². The van der Waals surface area contributed by atoms with Gasteiger partial charge in [-0.15, -0.1) is 0 Å². The highest BCUT2D eigenvalue weighted by Gasteiger charge is 2.12. The van der Waals surface area contributed by atoms with Gasteiger partial charge in [0.15, 0.2) is 0 Å². The molecule has 0 saturated carbocycles. The van der Waals surface area contributed by atoms with Gasteiger partial charge in [-0.2, -0.15) is 0 Å². The number of para-hydroxylation sites is 1. The highest BCUT2D eigenvalue weighted by molar-refractivity contribution is 6.03. The molecule has 6 nitrogen and oxygen atoms in total. The van der Waals surface area contributed by atoms with E-state index in [1.165, 1.54) is 0 Å². The second-order valence-electron chi connectivity index (χ2n) is 5.66. The third kappa shape index (κ3) is 4.38. The maximum Gasteiger partial charge on any atom is 0.274 e. The summed E-state index contributed by atoms with van der Waals surface area (Å²) in [6, 6.07) is 15.0. The van der Waals surface area contributed by atoms with Crippen molar-refractivity contribution in [1.82, 2.24) is 15.0 Å². The quantitative estimate of drug-likeness (QED) is 0.748. The zero-order valence-electron chi connectivity index (χ0n) is 14.2. The minimum atomic E-state index is -0.263. The van der Waals surface area contributed by atoms with E-state index in [4.69, 9.17) is 0 Å². The number of benzene rings is 1. The first kappa shape index (κ1) is 16.6. The number of hydrogen-bond donors (Lipinski definition) is 2. The second-order valence-corrected chi connectivity index (χ2v) is 5.66. The number of aryl methyl sites for hydroxylation is 2. The van der Waals surface area contributed by atoms with Crippen LogP contribution in [-0.4, -0.2) is 20.9 Å². The van der Waals surface area contributed by atoms with E-state index in [1.807, 2.05) is 56.3 Å². The molecule has 1 aromatic carbocycles. The molecule has 2 N–H and O–H groups in total. The summed E-state index contributed by atoms with van der Waals surface area (Å²) in [5.41, 5.74) is 3.67. The smallest absolute Gasteiger partial charge is 0.274 e. The predicted octanol–water partition coefficient (Wildman–Crippen LogP) is 3.35. The molecule has 3 aromatic rings. The predicted molar refractivity (Wildman–Crippen MR) is 97.5 cm³/mol. The van der Waals surface area contributed by atoms with Gasteiger partial charge in [0.2, 0.25) is 5.95 Å². The molecule has 0 saturated heterocycles. The largest absolute Gasteiger partial charge is 0.349 e. The maximum atomic E-state index is 12.5. The number of aromatic nitrogens is 3. The zero-order valence-corrected chi connectivity index (χ0v) is 14.2. The van der Waals surface area contributed by atoms with E-state index in [1.54, 1.807) is 12.3 Å². The summed E-state index contributed by atoms with van der Waals surface area (Å²) in [7, 11) is 0. The first-order valence-corrected chi connectivity index (χ1v) is 7.98. The Labute approximate surface area is 146 Å². The lowest BCUT2D eigenvalue weighted by Crippen LogP contribution is -2.16.